The number of alkyl halides is 3. The number of benzene rings is 1. The van der Waals surface area contributed by atoms with Crippen molar-refractivity contribution in [1.29, 1.82) is 0 Å². The van der Waals surface area contributed by atoms with Crippen molar-refractivity contribution in [2.24, 2.45) is 0 Å². The topological polar surface area (TPSA) is 52.6 Å². The fraction of sp³-hybridized carbons (Fsp3) is 0.444. The van der Waals surface area contributed by atoms with E-state index in [1.165, 1.54) is 6.92 Å². The maximum Gasteiger partial charge on any atom is 0.422 e. The van der Waals surface area contributed by atoms with Crippen LogP contribution in [0, 0.1) is 6.92 Å². The van der Waals surface area contributed by atoms with E-state index in [1.807, 2.05) is 13.0 Å². The minimum absolute atomic E-state index is 0.0674. The first-order valence-corrected chi connectivity index (χ1v) is 7.72. The van der Waals surface area contributed by atoms with Crippen LogP contribution in [-0.4, -0.2) is 30.3 Å². The van der Waals surface area contributed by atoms with E-state index in [0.717, 1.165) is 5.56 Å². The van der Waals surface area contributed by atoms with Crippen LogP contribution in [0.2, 0.25) is 0 Å². The molecule has 0 heterocycles. The molecule has 0 spiro atoms. The predicted octanol–water partition coefficient (Wildman–Crippen LogP) is 4.37. The van der Waals surface area contributed by atoms with Gasteiger partial charge in [-0.3, -0.25) is 0 Å². The van der Waals surface area contributed by atoms with Crippen LogP contribution >= 0.6 is 0 Å². The van der Waals surface area contributed by atoms with Crippen molar-refractivity contribution in [2.45, 2.75) is 45.4 Å². The molecule has 0 aromatic heterocycles. The lowest BCUT2D eigenvalue weighted by Gasteiger charge is -2.28. The van der Waals surface area contributed by atoms with Gasteiger partial charge in [-0.1, -0.05) is 31.2 Å². The average Bonchev–Trinajstić information content (AvgIpc) is 2.53. The molecule has 1 aromatic rings. The maximum absolute atomic E-state index is 12.5. The quantitative estimate of drug-likeness (QED) is 0.536. The zero-order valence-corrected chi connectivity index (χ0v) is 14.4. The molecule has 4 nitrogen and oxygen atoms in total. The predicted molar refractivity (Wildman–Crippen MR) is 86.1 cm³/mol. The van der Waals surface area contributed by atoms with Gasteiger partial charge in [0.25, 0.3) is 0 Å². The molecule has 0 aliphatic heterocycles. The van der Waals surface area contributed by atoms with Gasteiger partial charge < -0.3 is 9.47 Å². The minimum atomic E-state index is -4.84. The molecule has 0 N–H and O–H groups in total. The van der Waals surface area contributed by atoms with Crippen LogP contribution in [-0.2, 0) is 14.3 Å². The Bertz CT molecular complexity index is 652. The van der Waals surface area contributed by atoms with Crippen molar-refractivity contribution >= 4 is 11.9 Å². The lowest BCUT2D eigenvalue weighted by molar-refractivity contribution is -0.165. The van der Waals surface area contributed by atoms with E-state index in [9.17, 15) is 22.8 Å². The van der Waals surface area contributed by atoms with Crippen molar-refractivity contribution in [3.63, 3.8) is 0 Å². The van der Waals surface area contributed by atoms with Gasteiger partial charge in [-0.2, -0.15) is 13.2 Å². The molecule has 0 bridgehead atoms. The highest BCUT2D eigenvalue weighted by Crippen LogP contribution is 2.28. The summed E-state index contributed by atoms with van der Waals surface area (Å²) >= 11 is 0. The van der Waals surface area contributed by atoms with Gasteiger partial charge >= 0.3 is 18.1 Å². The van der Waals surface area contributed by atoms with E-state index in [-0.39, 0.29) is 19.4 Å². The SMILES string of the molecule is C=C(C(=O)OC(C)(CC)CCOC(=O)c1cccc(C)c1)C(F)(F)F. The van der Waals surface area contributed by atoms with Gasteiger partial charge in [0.2, 0.25) is 0 Å². The molecule has 1 rings (SSSR count). The molecule has 0 saturated heterocycles. The molecular formula is C18H21F3O4. The fourth-order valence-electron chi connectivity index (χ4n) is 1.92. The largest absolute Gasteiger partial charge is 0.462 e. The van der Waals surface area contributed by atoms with Crippen molar-refractivity contribution in [2.75, 3.05) is 6.61 Å². The average molecular weight is 358 g/mol. The van der Waals surface area contributed by atoms with Crippen molar-refractivity contribution in [3.8, 4) is 0 Å². The molecule has 1 aromatic carbocycles. The van der Waals surface area contributed by atoms with Crippen LogP contribution in [0.4, 0.5) is 13.2 Å². The Balaban J connectivity index is 2.61. The third-order valence-electron chi connectivity index (χ3n) is 3.79. The summed E-state index contributed by atoms with van der Waals surface area (Å²) in [5, 5.41) is 0. The van der Waals surface area contributed by atoms with Crippen molar-refractivity contribution in [1.82, 2.24) is 0 Å². The molecule has 0 aliphatic carbocycles. The van der Waals surface area contributed by atoms with Crippen molar-refractivity contribution < 1.29 is 32.2 Å². The molecule has 1 unspecified atom stereocenters. The summed E-state index contributed by atoms with van der Waals surface area (Å²) in [4.78, 5) is 23.5. The maximum atomic E-state index is 12.5. The number of rotatable bonds is 7. The van der Waals surface area contributed by atoms with Gasteiger partial charge in [-0.25, -0.2) is 9.59 Å². The minimum Gasteiger partial charge on any atom is -0.462 e. The normalized spacial score (nSPS) is 13.7. The van der Waals surface area contributed by atoms with Gasteiger partial charge in [0.1, 0.15) is 11.2 Å². The molecule has 0 radical (unpaired) electrons. The van der Waals surface area contributed by atoms with E-state index in [4.69, 9.17) is 9.47 Å². The van der Waals surface area contributed by atoms with Crippen LogP contribution in [0.5, 0.6) is 0 Å². The van der Waals surface area contributed by atoms with Gasteiger partial charge in [0, 0.05) is 6.42 Å². The number of hydrogen-bond acceptors (Lipinski definition) is 4. The Hall–Kier alpha value is -2.31. The van der Waals surface area contributed by atoms with Crippen LogP contribution in [0.25, 0.3) is 0 Å². The zero-order chi connectivity index (χ0) is 19.3. The molecule has 0 aliphatic rings. The monoisotopic (exact) mass is 358 g/mol. The number of hydrogen-bond donors (Lipinski definition) is 0. The summed E-state index contributed by atoms with van der Waals surface area (Å²) in [5.74, 6) is -2.07. The second-order valence-electron chi connectivity index (χ2n) is 5.92. The molecule has 138 valence electrons. The number of carbonyl (C=O) groups excluding carboxylic acids is 2. The Morgan fingerprint density at radius 3 is 2.40 bits per heavy atom. The number of ether oxygens (including phenoxy) is 2. The smallest absolute Gasteiger partial charge is 0.422 e. The van der Waals surface area contributed by atoms with E-state index in [2.05, 4.69) is 6.58 Å². The van der Waals surface area contributed by atoms with Crippen LogP contribution < -0.4 is 0 Å². The van der Waals surface area contributed by atoms with Gasteiger partial charge in [-0.05, 0) is 32.4 Å². The van der Waals surface area contributed by atoms with Crippen LogP contribution in [0.1, 0.15) is 42.6 Å². The van der Waals surface area contributed by atoms with E-state index < -0.39 is 29.3 Å². The Labute approximate surface area is 144 Å². The van der Waals surface area contributed by atoms with Crippen LogP contribution in [0.3, 0.4) is 0 Å². The highest BCUT2D eigenvalue weighted by atomic mass is 19.4. The summed E-state index contributed by atoms with van der Waals surface area (Å²) in [6.07, 6.45) is -4.52. The highest BCUT2D eigenvalue weighted by molar-refractivity contribution is 5.90. The lowest BCUT2D eigenvalue weighted by Crippen LogP contribution is -2.35. The molecule has 0 amide bonds. The van der Waals surface area contributed by atoms with Gasteiger partial charge in [0.05, 0.1) is 12.2 Å². The Morgan fingerprint density at radius 2 is 1.88 bits per heavy atom. The van der Waals surface area contributed by atoms with Crippen LogP contribution in [0.15, 0.2) is 36.4 Å². The zero-order valence-electron chi connectivity index (χ0n) is 14.4. The first kappa shape index (κ1) is 20.7. The number of halogens is 3. The third kappa shape index (κ3) is 6.25. The van der Waals surface area contributed by atoms with Gasteiger partial charge in [-0.15, -0.1) is 0 Å². The van der Waals surface area contributed by atoms with E-state index >= 15 is 0 Å². The summed E-state index contributed by atoms with van der Waals surface area (Å²) in [6.45, 7) is 7.59. The summed E-state index contributed by atoms with van der Waals surface area (Å²) in [6, 6.07) is 6.81. The van der Waals surface area contributed by atoms with Crippen molar-refractivity contribution in [3.05, 3.63) is 47.5 Å². The number of carbonyl (C=O) groups is 2. The standard InChI is InChI=1S/C18H21F3O4/c1-5-17(4,25-15(22)13(3)18(19,20)21)9-10-24-16(23)14-8-6-7-12(2)11-14/h6-8,11H,3,5,9-10H2,1-2,4H3. The second kappa shape index (κ2) is 8.18. The summed E-state index contributed by atoms with van der Waals surface area (Å²) in [5.41, 5.74) is -1.49. The Morgan fingerprint density at radius 1 is 1.24 bits per heavy atom. The first-order chi connectivity index (χ1) is 11.5. The molecule has 0 saturated carbocycles. The molecule has 1 atom stereocenters. The summed E-state index contributed by atoms with van der Waals surface area (Å²) in [7, 11) is 0. The third-order valence-corrected chi connectivity index (χ3v) is 3.79. The molecule has 25 heavy (non-hydrogen) atoms. The van der Waals surface area contributed by atoms with E-state index in [0.29, 0.717) is 5.56 Å². The number of esters is 2. The Kier molecular flexibility index (Phi) is 6.78. The highest BCUT2D eigenvalue weighted by Gasteiger charge is 2.40. The van der Waals surface area contributed by atoms with Gasteiger partial charge in [0.15, 0.2) is 0 Å². The number of aryl methyl sites for hydroxylation is 1. The molecule has 7 heteroatoms. The molecule has 0 fully saturated rings. The fourth-order valence-corrected chi connectivity index (χ4v) is 1.92. The summed E-state index contributed by atoms with van der Waals surface area (Å²) < 4.78 is 47.5. The second-order valence-corrected chi connectivity index (χ2v) is 5.92. The molecular weight excluding hydrogens is 337 g/mol. The lowest BCUT2D eigenvalue weighted by atomic mass is 9.99. The first-order valence-electron chi connectivity index (χ1n) is 7.72. The van der Waals surface area contributed by atoms with E-state index in [1.54, 1.807) is 25.1 Å².